The zero-order chi connectivity index (χ0) is 19.9. The fraction of sp³-hybridized carbons (Fsp3) is 0.667. The SMILES string of the molecule is CCNC(=NCCCOCc1ccc(OC)cc1)NCCCN1CCOCC1. The van der Waals surface area contributed by atoms with Gasteiger partial charge in [0.1, 0.15) is 5.75 Å². The summed E-state index contributed by atoms with van der Waals surface area (Å²) >= 11 is 0. The molecule has 0 radical (unpaired) electrons. The highest BCUT2D eigenvalue weighted by atomic mass is 16.5. The molecule has 7 nitrogen and oxygen atoms in total. The van der Waals surface area contributed by atoms with Crippen LogP contribution in [0.15, 0.2) is 29.3 Å². The molecule has 0 atom stereocenters. The predicted octanol–water partition coefficient (Wildman–Crippen LogP) is 1.88. The van der Waals surface area contributed by atoms with E-state index >= 15 is 0 Å². The van der Waals surface area contributed by atoms with Gasteiger partial charge in [-0.05, 0) is 44.0 Å². The van der Waals surface area contributed by atoms with E-state index in [-0.39, 0.29) is 0 Å². The third-order valence-electron chi connectivity index (χ3n) is 4.54. The van der Waals surface area contributed by atoms with Crippen molar-refractivity contribution >= 4 is 5.96 Å². The molecule has 1 aliphatic rings. The highest BCUT2D eigenvalue weighted by Gasteiger charge is 2.09. The van der Waals surface area contributed by atoms with Crippen molar-refractivity contribution in [2.45, 2.75) is 26.4 Å². The second-order valence-corrected chi connectivity index (χ2v) is 6.75. The molecule has 1 heterocycles. The molecular weight excluding hydrogens is 356 g/mol. The third-order valence-corrected chi connectivity index (χ3v) is 4.54. The van der Waals surface area contributed by atoms with Gasteiger partial charge in [-0.1, -0.05) is 12.1 Å². The second-order valence-electron chi connectivity index (χ2n) is 6.75. The molecule has 2 rings (SSSR count). The number of rotatable bonds is 12. The van der Waals surface area contributed by atoms with Gasteiger partial charge in [0.25, 0.3) is 0 Å². The monoisotopic (exact) mass is 392 g/mol. The summed E-state index contributed by atoms with van der Waals surface area (Å²) < 4.78 is 16.3. The van der Waals surface area contributed by atoms with Crippen molar-refractivity contribution in [2.24, 2.45) is 4.99 Å². The largest absolute Gasteiger partial charge is 0.497 e. The van der Waals surface area contributed by atoms with Crippen molar-refractivity contribution in [1.29, 1.82) is 0 Å². The maximum atomic E-state index is 5.73. The molecule has 1 aliphatic heterocycles. The molecule has 2 N–H and O–H groups in total. The Hall–Kier alpha value is -1.83. The number of aliphatic imine (C=N–C) groups is 1. The first kappa shape index (κ1) is 22.5. The van der Waals surface area contributed by atoms with Crippen LogP contribution in [-0.4, -0.2) is 77.1 Å². The lowest BCUT2D eigenvalue weighted by Gasteiger charge is -2.26. The Balaban J connectivity index is 1.55. The van der Waals surface area contributed by atoms with E-state index in [2.05, 4.69) is 27.4 Å². The van der Waals surface area contributed by atoms with Crippen LogP contribution in [0, 0.1) is 0 Å². The van der Waals surface area contributed by atoms with Crippen molar-refractivity contribution in [1.82, 2.24) is 15.5 Å². The molecule has 1 fully saturated rings. The van der Waals surface area contributed by atoms with Gasteiger partial charge in [-0.15, -0.1) is 0 Å². The van der Waals surface area contributed by atoms with E-state index in [9.17, 15) is 0 Å². The average Bonchev–Trinajstić information content (AvgIpc) is 2.74. The number of methoxy groups -OCH3 is 1. The van der Waals surface area contributed by atoms with Gasteiger partial charge in [0.2, 0.25) is 0 Å². The molecule has 0 amide bonds. The van der Waals surface area contributed by atoms with E-state index in [0.717, 1.165) is 82.6 Å². The maximum absolute atomic E-state index is 5.73. The standard InChI is InChI=1S/C21H36N4O3/c1-3-22-21(23-10-4-12-25-13-16-27-17-14-25)24-11-5-15-28-18-19-6-8-20(26-2)9-7-19/h6-9H,3-5,10-18H2,1-2H3,(H2,22,23,24). The van der Waals surface area contributed by atoms with Crippen LogP contribution in [0.3, 0.4) is 0 Å². The van der Waals surface area contributed by atoms with E-state index < -0.39 is 0 Å². The molecule has 0 saturated carbocycles. The Morgan fingerprint density at radius 2 is 1.93 bits per heavy atom. The number of nitrogens with one attached hydrogen (secondary N) is 2. The minimum atomic E-state index is 0.619. The zero-order valence-electron chi connectivity index (χ0n) is 17.4. The van der Waals surface area contributed by atoms with Crippen molar-refractivity contribution in [3.63, 3.8) is 0 Å². The summed E-state index contributed by atoms with van der Waals surface area (Å²) in [5.41, 5.74) is 1.15. The maximum Gasteiger partial charge on any atom is 0.191 e. The molecule has 7 heteroatoms. The minimum absolute atomic E-state index is 0.619. The Labute approximate surface area is 169 Å². The van der Waals surface area contributed by atoms with Gasteiger partial charge in [-0.3, -0.25) is 9.89 Å². The molecule has 0 unspecified atom stereocenters. The summed E-state index contributed by atoms with van der Waals surface area (Å²) in [5.74, 6) is 1.76. The smallest absolute Gasteiger partial charge is 0.191 e. The molecule has 0 bridgehead atoms. The van der Waals surface area contributed by atoms with Gasteiger partial charge in [-0.25, -0.2) is 0 Å². The van der Waals surface area contributed by atoms with Crippen LogP contribution in [0.2, 0.25) is 0 Å². The van der Waals surface area contributed by atoms with Crippen molar-refractivity contribution in [3.05, 3.63) is 29.8 Å². The Kier molecular flexibility index (Phi) is 11.4. The fourth-order valence-corrected chi connectivity index (χ4v) is 2.95. The third kappa shape index (κ3) is 9.39. The van der Waals surface area contributed by atoms with Gasteiger partial charge in [0.05, 0.1) is 26.9 Å². The Morgan fingerprint density at radius 3 is 2.64 bits per heavy atom. The molecular formula is C21H36N4O3. The van der Waals surface area contributed by atoms with Crippen LogP contribution in [0.4, 0.5) is 0 Å². The highest BCUT2D eigenvalue weighted by molar-refractivity contribution is 5.79. The first-order valence-corrected chi connectivity index (χ1v) is 10.3. The zero-order valence-corrected chi connectivity index (χ0v) is 17.4. The van der Waals surface area contributed by atoms with Gasteiger partial charge in [-0.2, -0.15) is 0 Å². The molecule has 1 aromatic rings. The molecule has 158 valence electrons. The van der Waals surface area contributed by atoms with Gasteiger partial charge < -0.3 is 24.8 Å². The number of guanidine groups is 1. The lowest BCUT2D eigenvalue weighted by atomic mass is 10.2. The van der Waals surface area contributed by atoms with E-state index in [4.69, 9.17) is 14.2 Å². The summed E-state index contributed by atoms with van der Waals surface area (Å²) in [6.07, 6.45) is 2.01. The van der Waals surface area contributed by atoms with Crippen molar-refractivity contribution in [2.75, 3.05) is 66.2 Å². The van der Waals surface area contributed by atoms with Gasteiger partial charge in [0, 0.05) is 39.3 Å². The normalized spacial score (nSPS) is 15.4. The topological polar surface area (TPSA) is 67.4 Å². The molecule has 0 aliphatic carbocycles. The molecule has 1 saturated heterocycles. The second kappa shape index (κ2) is 14.2. The summed E-state index contributed by atoms with van der Waals surface area (Å²) in [6.45, 7) is 10.9. The van der Waals surface area contributed by atoms with E-state index in [1.807, 2.05) is 24.3 Å². The fourth-order valence-electron chi connectivity index (χ4n) is 2.95. The number of hydrogen-bond acceptors (Lipinski definition) is 5. The van der Waals surface area contributed by atoms with Gasteiger partial charge >= 0.3 is 0 Å². The number of morpholine rings is 1. The van der Waals surface area contributed by atoms with Crippen LogP contribution >= 0.6 is 0 Å². The number of hydrogen-bond donors (Lipinski definition) is 2. The molecule has 0 spiro atoms. The Bertz CT molecular complexity index is 545. The van der Waals surface area contributed by atoms with Crippen molar-refractivity contribution < 1.29 is 14.2 Å². The minimum Gasteiger partial charge on any atom is -0.497 e. The van der Waals surface area contributed by atoms with E-state index in [0.29, 0.717) is 13.2 Å². The van der Waals surface area contributed by atoms with E-state index in [1.165, 1.54) is 0 Å². The lowest BCUT2D eigenvalue weighted by molar-refractivity contribution is 0.0376. The van der Waals surface area contributed by atoms with Crippen LogP contribution in [0.5, 0.6) is 5.75 Å². The quantitative estimate of drug-likeness (QED) is 0.322. The summed E-state index contributed by atoms with van der Waals surface area (Å²) in [4.78, 5) is 7.08. The number of benzene rings is 1. The first-order valence-electron chi connectivity index (χ1n) is 10.3. The molecule has 28 heavy (non-hydrogen) atoms. The summed E-state index contributed by atoms with van der Waals surface area (Å²) in [6, 6.07) is 7.97. The number of nitrogens with zero attached hydrogens (tertiary/aromatic N) is 2. The number of ether oxygens (including phenoxy) is 3. The van der Waals surface area contributed by atoms with E-state index in [1.54, 1.807) is 7.11 Å². The van der Waals surface area contributed by atoms with Gasteiger partial charge in [0.15, 0.2) is 5.96 Å². The summed E-state index contributed by atoms with van der Waals surface area (Å²) in [7, 11) is 1.67. The average molecular weight is 393 g/mol. The lowest BCUT2D eigenvalue weighted by Crippen LogP contribution is -2.40. The Morgan fingerprint density at radius 1 is 1.14 bits per heavy atom. The highest BCUT2D eigenvalue weighted by Crippen LogP contribution is 2.11. The van der Waals surface area contributed by atoms with Crippen LogP contribution in [-0.2, 0) is 16.1 Å². The predicted molar refractivity (Wildman–Crippen MR) is 113 cm³/mol. The first-order chi connectivity index (χ1) is 13.8. The van der Waals surface area contributed by atoms with Crippen LogP contribution < -0.4 is 15.4 Å². The molecule has 1 aromatic carbocycles. The van der Waals surface area contributed by atoms with Crippen molar-refractivity contribution in [3.8, 4) is 5.75 Å². The molecule has 0 aromatic heterocycles. The van der Waals surface area contributed by atoms with Crippen LogP contribution in [0.1, 0.15) is 25.3 Å². The van der Waals surface area contributed by atoms with Crippen LogP contribution in [0.25, 0.3) is 0 Å². The summed E-state index contributed by atoms with van der Waals surface area (Å²) in [5, 5.41) is 6.72.